The number of hydrogen-bond donors (Lipinski definition) is 1. The molecule has 1 aromatic carbocycles. The van der Waals surface area contributed by atoms with Gasteiger partial charge in [-0.2, -0.15) is 5.10 Å². The van der Waals surface area contributed by atoms with Crippen molar-refractivity contribution < 1.29 is 4.74 Å². The molecule has 0 amide bonds. The number of aryl methyl sites for hydroxylation is 1. The molecule has 0 saturated carbocycles. The lowest BCUT2D eigenvalue weighted by Crippen LogP contribution is -2.21. The molecule has 0 bridgehead atoms. The van der Waals surface area contributed by atoms with Gasteiger partial charge in [0.05, 0.1) is 17.3 Å². The van der Waals surface area contributed by atoms with Crippen molar-refractivity contribution in [2.24, 2.45) is 12.8 Å². The molecule has 1 aromatic heterocycles. The van der Waals surface area contributed by atoms with Crippen molar-refractivity contribution >= 4 is 15.9 Å². The molecule has 0 aliphatic rings. The Morgan fingerprint density at radius 2 is 2.19 bits per heavy atom. The van der Waals surface area contributed by atoms with Crippen LogP contribution in [0.2, 0.25) is 0 Å². The zero-order chi connectivity index (χ0) is 15.2. The van der Waals surface area contributed by atoms with Crippen LogP contribution in [0.15, 0.2) is 35.1 Å². The van der Waals surface area contributed by atoms with E-state index < -0.39 is 0 Å². The third-order valence-corrected chi connectivity index (χ3v) is 4.04. The summed E-state index contributed by atoms with van der Waals surface area (Å²) in [5.74, 6) is 0.868. The fourth-order valence-electron chi connectivity index (χ4n) is 2.12. The fourth-order valence-corrected chi connectivity index (χ4v) is 2.66. The van der Waals surface area contributed by atoms with Crippen LogP contribution in [-0.4, -0.2) is 22.4 Å². The summed E-state index contributed by atoms with van der Waals surface area (Å²) in [5, 5.41) is 4.15. The first-order valence-corrected chi connectivity index (χ1v) is 8.02. The highest BCUT2D eigenvalue weighted by Gasteiger charge is 2.06. The zero-order valence-corrected chi connectivity index (χ0v) is 14.1. The van der Waals surface area contributed by atoms with Gasteiger partial charge in [0, 0.05) is 25.7 Å². The Morgan fingerprint density at radius 1 is 1.38 bits per heavy atom. The van der Waals surface area contributed by atoms with Gasteiger partial charge >= 0.3 is 0 Å². The second kappa shape index (κ2) is 7.61. The van der Waals surface area contributed by atoms with Gasteiger partial charge in [-0.3, -0.25) is 4.68 Å². The van der Waals surface area contributed by atoms with E-state index in [0.717, 1.165) is 29.5 Å². The van der Waals surface area contributed by atoms with E-state index in [1.165, 1.54) is 11.1 Å². The molecule has 4 nitrogen and oxygen atoms in total. The third kappa shape index (κ3) is 4.86. The first-order valence-electron chi connectivity index (χ1n) is 7.22. The van der Waals surface area contributed by atoms with Crippen molar-refractivity contribution in [2.45, 2.75) is 32.2 Å². The summed E-state index contributed by atoms with van der Waals surface area (Å²) in [6, 6.07) is 6.40. The summed E-state index contributed by atoms with van der Waals surface area (Å²) < 4.78 is 8.60. The van der Waals surface area contributed by atoms with Crippen LogP contribution in [0.1, 0.15) is 24.5 Å². The number of rotatable bonds is 7. The molecule has 5 heteroatoms. The highest BCUT2D eigenvalue weighted by molar-refractivity contribution is 9.10. The molecule has 2 N–H and O–H groups in total. The molecule has 1 heterocycles. The number of ether oxygens (including phenoxy) is 1. The van der Waals surface area contributed by atoms with Gasteiger partial charge < -0.3 is 10.5 Å². The SMILES string of the molecule is CCC(N)Cc1ccc(OCCc2cnn(C)c2)c(Br)c1. The van der Waals surface area contributed by atoms with Crippen LogP contribution >= 0.6 is 15.9 Å². The summed E-state index contributed by atoms with van der Waals surface area (Å²) in [6.07, 6.45) is 6.61. The predicted octanol–water partition coefficient (Wildman–Crippen LogP) is 3.08. The molecule has 0 fully saturated rings. The average molecular weight is 352 g/mol. The first-order chi connectivity index (χ1) is 10.1. The summed E-state index contributed by atoms with van der Waals surface area (Å²) in [7, 11) is 1.92. The number of nitrogens with zero attached hydrogens (tertiary/aromatic N) is 2. The van der Waals surface area contributed by atoms with Crippen LogP contribution in [0.4, 0.5) is 0 Å². The molecule has 2 aromatic rings. The molecule has 0 radical (unpaired) electrons. The molecule has 0 saturated heterocycles. The van der Waals surface area contributed by atoms with Gasteiger partial charge in [-0.05, 0) is 52.0 Å². The van der Waals surface area contributed by atoms with Crippen LogP contribution in [0, 0.1) is 0 Å². The van der Waals surface area contributed by atoms with Gasteiger partial charge in [0.1, 0.15) is 5.75 Å². The molecule has 0 aliphatic carbocycles. The second-order valence-corrected chi connectivity index (χ2v) is 6.11. The van der Waals surface area contributed by atoms with Gasteiger partial charge in [-0.25, -0.2) is 0 Å². The van der Waals surface area contributed by atoms with Gasteiger partial charge in [0.15, 0.2) is 0 Å². The van der Waals surface area contributed by atoms with E-state index in [1.54, 1.807) is 4.68 Å². The summed E-state index contributed by atoms with van der Waals surface area (Å²) in [5.41, 5.74) is 8.40. The number of nitrogens with two attached hydrogens (primary N) is 1. The quantitative estimate of drug-likeness (QED) is 0.833. The normalized spacial score (nSPS) is 12.4. The second-order valence-electron chi connectivity index (χ2n) is 5.26. The summed E-state index contributed by atoms with van der Waals surface area (Å²) in [6.45, 7) is 2.74. The van der Waals surface area contributed by atoms with Crippen LogP contribution in [0.25, 0.3) is 0 Å². The Bertz CT molecular complexity index is 583. The van der Waals surface area contributed by atoms with Gasteiger partial charge in [0.2, 0.25) is 0 Å². The molecule has 114 valence electrons. The molecule has 21 heavy (non-hydrogen) atoms. The van der Waals surface area contributed by atoms with Crippen molar-refractivity contribution in [1.82, 2.24) is 9.78 Å². The number of halogens is 1. The summed E-state index contributed by atoms with van der Waals surface area (Å²) in [4.78, 5) is 0. The number of aromatic nitrogens is 2. The van der Waals surface area contributed by atoms with Gasteiger partial charge in [-0.1, -0.05) is 13.0 Å². The van der Waals surface area contributed by atoms with E-state index in [9.17, 15) is 0 Å². The minimum Gasteiger partial charge on any atom is -0.492 e. The maximum atomic E-state index is 5.99. The van der Waals surface area contributed by atoms with Crippen LogP contribution in [0.5, 0.6) is 5.75 Å². The molecular weight excluding hydrogens is 330 g/mol. The van der Waals surface area contributed by atoms with Crippen molar-refractivity contribution in [2.75, 3.05) is 6.61 Å². The maximum absolute atomic E-state index is 5.99. The monoisotopic (exact) mass is 351 g/mol. The smallest absolute Gasteiger partial charge is 0.133 e. The number of hydrogen-bond acceptors (Lipinski definition) is 3. The van der Waals surface area contributed by atoms with E-state index in [1.807, 2.05) is 25.5 Å². The standard InChI is InChI=1S/C16H22BrN3O/c1-3-14(18)8-12-4-5-16(15(17)9-12)21-7-6-13-10-19-20(2)11-13/h4-5,9-11,14H,3,6-8,18H2,1-2H3. The Morgan fingerprint density at radius 3 is 2.81 bits per heavy atom. The Hall–Kier alpha value is -1.33. The van der Waals surface area contributed by atoms with E-state index in [2.05, 4.69) is 40.1 Å². The fraction of sp³-hybridized carbons (Fsp3) is 0.438. The third-order valence-electron chi connectivity index (χ3n) is 3.43. The van der Waals surface area contributed by atoms with Crippen molar-refractivity contribution in [3.63, 3.8) is 0 Å². The molecule has 0 spiro atoms. The first kappa shape index (κ1) is 16.0. The van der Waals surface area contributed by atoms with Crippen molar-refractivity contribution in [1.29, 1.82) is 0 Å². The number of benzene rings is 1. The van der Waals surface area contributed by atoms with Crippen LogP contribution < -0.4 is 10.5 Å². The molecule has 0 aliphatic heterocycles. The highest BCUT2D eigenvalue weighted by Crippen LogP contribution is 2.26. The maximum Gasteiger partial charge on any atom is 0.133 e. The summed E-state index contributed by atoms with van der Waals surface area (Å²) >= 11 is 3.57. The Kier molecular flexibility index (Phi) is 5.82. The van der Waals surface area contributed by atoms with Crippen LogP contribution in [-0.2, 0) is 19.9 Å². The molecular formula is C16H22BrN3O. The minimum absolute atomic E-state index is 0.217. The topological polar surface area (TPSA) is 53.1 Å². The van der Waals surface area contributed by atoms with Crippen molar-refractivity contribution in [3.05, 3.63) is 46.2 Å². The lowest BCUT2D eigenvalue weighted by molar-refractivity contribution is 0.320. The highest BCUT2D eigenvalue weighted by atomic mass is 79.9. The average Bonchev–Trinajstić information content (AvgIpc) is 2.87. The molecule has 2 rings (SSSR count). The van der Waals surface area contributed by atoms with E-state index >= 15 is 0 Å². The van der Waals surface area contributed by atoms with E-state index in [0.29, 0.717) is 6.61 Å². The van der Waals surface area contributed by atoms with Crippen LogP contribution in [0.3, 0.4) is 0 Å². The lowest BCUT2D eigenvalue weighted by Gasteiger charge is -2.12. The zero-order valence-electron chi connectivity index (χ0n) is 12.6. The molecule has 1 unspecified atom stereocenters. The lowest BCUT2D eigenvalue weighted by atomic mass is 10.0. The molecule has 1 atom stereocenters. The van der Waals surface area contributed by atoms with Gasteiger partial charge in [-0.15, -0.1) is 0 Å². The largest absolute Gasteiger partial charge is 0.492 e. The van der Waals surface area contributed by atoms with Crippen molar-refractivity contribution in [3.8, 4) is 5.75 Å². The Balaban J connectivity index is 1.88. The Labute approximate surface area is 134 Å². The van der Waals surface area contributed by atoms with E-state index in [-0.39, 0.29) is 6.04 Å². The van der Waals surface area contributed by atoms with Gasteiger partial charge in [0.25, 0.3) is 0 Å². The van der Waals surface area contributed by atoms with E-state index in [4.69, 9.17) is 10.5 Å². The predicted molar refractivity (Wildman–Crippen MR) is 88.5 cm³/mol. The minimum atomic E-state index is 0.217.